The van der Waals surface area contributed by atoms with Gasteiger partial charge in [-0.2, -0.15) is 0 Å². The molecule has 1 aromatic carbocycles. The van der Waals surface area contributed by atoms with Gasteiger partial charge in [0, 0.05) is 44.0 Å². The van der Waals surface area contributed by atoms with Gasteiger partial charge in [-0.05, 0) is 62.1 Å². The molecular formula is C27H35N5O5S. The number of amides is 3. The van der Waals surface area contributed by atoms with Gasteiger partial charge in [0.25, 0.3) is 5.91 Å². The third-order valence-corrected chi connectivity index (χ3v) is 8.86. The fourth-order valence-electron chi connectivity index (χ4n) is 5.48. The van der Waals surface area contributed by atoms with E-state index in [9.17, 15) is 18.0 Å². The number of aromatic nitrogens is 1. The van der Waals surface area contributed by atoms with Crippen LogP contribution < -0.4 is 14.5 Å². The van der Waals surface area contributed by atoms with Crippen LogP contribution in [0.2, 0.25) is 0 Å². The monoisotopic (exact) mass is 541 g/mol. The van der Waals surface area contributed by atoms with E-state index in [4.69, 9.17) is 4.74 Å². The molecule has 204 valence electrons. The van der Waals surface area contributed by atoms with E-state index in [2.05, 4.69) is 10.3 Å². The summed E-state index contributed by atoms with van der Waals surface area (Å²) in [5.74, 6) is 0.365. The molecule has 38 heavy (non-hydrogen) atoms. The second kappa shape index (κ2) is 9.23. The maximum absolute atomic E-state index is 13.7. The number of sulfonamides is 1. The predicted octanol–water partition coefficient (Wildman–Crippen LogP) is 3.48. The number of nitrogens with zero attached hydrogens (tertiary/aromatic N) is 4. The van der Waals surface area contributed by atoms with Gasteiger partial charge in [-0.15, -0.1) is 0 Å². The van der Waals surface area contributed by atoms with Crippen molar-refractivity contribution >= 4 is 39.2 Å². The number of imide groups is 1. The van der Waals surface area contributed by atoms with Crippen molar-refractivity contribution in [2.75, 3.05) is 40.5 Å². The summed E-state index contributed by atoms with van der Waals surface area (Å²) in [6.45, 7) is 9.38. The molecule has 5 rings (SSSR count). The Morgan fingerprint density at radius 1 is 1.08 bits per heavy atom. The number of rotatable bonds is 6. The number of fused-ring (bicyclic) bond motifs is 1. The van der Waals surface area contributed by atoms with Crippen molar-refractivity contribution in [3.8, 4) is 0 Å². The minimum absolute atomic E-state index is 0.229. The highest BCUT2D eigenvalue weighted by Crippen LogP contribution is 2.44. The average Bonchev–Trinajstić information content (AvgIpc) is 3.22. The van der Waals surface area contributed by atoms with Gasteiger partial charge in [-0.1, -0.05) is 19.9 Å². The molecule has 2 aromatic rings. The molecule has 0 saturated carbocycles. The van der Waals surface area contributed by atoms with Crippen LogP contribution in [0.3, 0.4) is 0 Å². The van der Waals surface area contributed by atoms with Crippen LogP contribution >= 0.6 is 0 Å². The lowest BCUT2D eigenvalue weighted by Gasteiger charge is -2.28. The number of benzene rings is 1. The molecule has 2 saturated heterocycles. The van der Waals surface area contributed by atoms with E-state index < -0.39 is 21.6 Å². The average molecular weight is 542 g/mol. The van der Waals surface area contributed by atoms with Crippen LogP contribution in [0.1, 0.15) is 51.7 Å². The fraction of sp³-hybridized carbons (Fsp3) is 0.519. The lowest BCUT2D eigenvalue weighted by atomic mass is 9.87. The third-order valence-electron chi connectivity index (χ3n) is 7.74. The molecule has 10 nitrogen and oxygen atoms in total. The van der Waals surface area contributed by atoms with Crippen LogP contribution in [0, 0.1) is 0 Å². The van der Waals surface area contributed by atoms with Gasteiger partial charge in [0.15, 0.2) is 0 Å². The minimum Gasteiger partial charge on any atom is -0.381 e. The smallest absolute Gasteiger partial charge is 0.332 e. The molecule has 3 aliphatic heterocycles. The summed E-state index contributed by atoms with van der Waals surface area (Å²) in [5.41, 5.74) is 1.09. The van der Waals surface area contributed by atoms with Crippen molar-refractivity contribution in [1.29, 1.82) is 0 Å². The molecule has 4 heterocycles. The van der Waals surface area contributed by atoms with Gasteiger partial charge < -0.3 is 15.0 Å². The Labute approximate surface area is 224 Å². The highest BCUT2D eigenvalue weighted by atomic mass is 32.2. The van der Waals surface area contributed by atoms with Crippen LogP contribution in [0.25, 0.3) is 0 Å². The molecule has 0 atom stereocenters. The van der Waals surface area contributed by atoms with E-state index in [-0.39, 0.29) is 23.9 Å². The van der Waals surface area contributed by atoms with Crippen LogP contribution in [0.15, 0.2) is 36.5 Å². The zero-order valence-electron chi connectivity index (χ0n) is 22.5. The third kappa shape index (κ3) is 4.62. The Balaban J connectivity index is 1.42. The number of urea groups is 1. The van der Waals surface area contributed by atoms with Crippen molar-refractivity contribution in [3.05, 3.63) is 47.7 Å². The first-order valence-electron chi connectivity index (χ1n) is 12.9. The first kappa shape index (κ1) is 26.4. The second-order valence-electron chi connectivity index (χ2n) is 11.5. The molecule has 1 N–H and O–H groups in total. The van der Waals surface area contributed by atoms with E-state index in [1.807, 2.05) is 32.0 Å². The maximum atomic E-state index is 13.7. The Kier molecular flexibility index (Phi) is 6.42. The lowest BCUT2D eigenvalue weighted by Crippen LogP contribution is -2.43. The van der Waals surface area contributed by atoms with E-state index in [0.29, 0.717) is 31.1 Å². The highest BCUT2D eigenvalue weighted by molar-refractivity contribution is 7.92. The Bertz CT molecular complexity index is 1380. The van der Waals surface area contributed by atoms with E-state index in [0.717, 1.165) is 34.7 Å². The number of hydrogen-bond acceptors (Lipinski definition) is 7. The largest absolute Gasteiger partial charge is 0.381 e. The van der Waals surface area contributed by atoms with Crippen LogP contribution in [-0.4, -0.2) is 67.8 Å². The second-order valence-corrected chi connectivity index (χ2v) is 13.4. The van der Waals surface area contributed by atoms with Gasteiger partial charge >= 0.3 is 6.03 Å². The fourth-order valence-corrected chi connectivity index (χ4v) is 6.54. The molecule has 2 fully saturated rings. The zero-order chi connectivity index (χ0) is 27.5. The van der Waals surface area contributed by atoms with Gasteiger partial charge in [0.2, 0.25) is 10.0 Å². The number of hydrogen-bond donors (Lipinski definition) is 1. The summed E-state index contributed by atoms with van der Waals surface area (Å²) in [5, 5.41) is 3.44. The van der Waals surface area contributed by atoms with E-state index in [1.54, 1.807) is 37.1 Å². The normalized spacial score (nSPS) is 21.2. The van der Waals surface area contributed by atoms with Crippen molar-refractivity contribution in [3.63, 3.8) is 0 Å². The van der Waals surface area contributed by atoms with Crippen LogP contribution in [0.5, 0.6) is 0 Å². The molecule has 1 aromatic heterocycles. The van der Waals surface area contributed by atoms with E-state index >= 15 is 0 Å². The molecule has 11 heteroatoms. The SMILES string of the molecule is CC1(C)CN(S(C)(=O)=O)c2cc(N3C(=O)N(Cc4ccnc(NC5CCOCC5)c4)C(C)(C)C3=O)ccc21. The lowest BCUT2D eigenvalue weighted by molar-refractivity contribution is -0.123. The Hall–Kier alpha value is -3.18. The number of ether oxygens (including phenoxy) is 1. The summed E-state index contributed by atoms with van der Waals surface area (Å²) in [6.07, 6.45) is 4.68. The Morgan fingerprint density at radius 3 is 2.47 bits per heavy atom. The summed E-state index contributed by atoms with van der Waals surface area (Å²) in [4.78, 5) is 34.4. The molecule has 0 radical (unpaired) electrons. The first-order valence-corrected chi connectivity index (χ1v) is 14.7. The first-order chi connectivity index (χ1) is 17.8. The number of carbonyl (C=O) groups excluding carboxylic acids is 2. The molecule has 3 amide bonds. The number of nitrogens with one attached hydrogen (secondary N) is 1. The number of anilines is 3. The molecule has 3 aliphatic rings. The van der Waals surface area contributed by atoms with Crippen LogP contribution in [0.4, 0.5) is 22.0 Å². The van der Waals surface area contributed by atoms with Crippen molar-refractivity contribution in [2.24, 2.45) is 0 Å². The number of carbonyl (C=O) groups is 2. The van der Waals surface area contributed by atoms with Crippen molar-refractivity contribution in [1.82, 2.24) is 9.88 Å². The zero-order valence-corrected chi connectivity index (χ0v) is 23.3. The van der Waals surface area contributed by atoms with Crippen molar-refractivity contribution in [2.45, 2.75) is 64.1 Å². The summed E-state index contributed by atoms with van der Waals surface area (Å²) >= 11 is 0. The van der Waals surface area contributed by atoms with Crippen LogP contribution in [-0.2, 0) is 31.5 Å². The van der Waals surface area contributed by atoms with Gasteiger partial charge in [-0.3, -0.25) is 9.10 Å². The predicted molar refractivity (Wildman–Crippen MR) is 146 cm³/mol. The standard InChI is InChI=1S/C27H35N5O5S/c1-26(2)17-31(38(5,35)36)22-15-20(6-7-21(22)26)32-24(33)27(3,4)30(25(32)34)16-18-8-11-28-23(14-18)29-19-9-12-37-13-10-19/h6-8,11,14-15,19H,9-10,12-13,16-17H2,1-5H3,(H,28,29). The van der Waals surface area contributed by atoms with Gasteiger partial charge in [0.1, 0.15) is 11.4 Å². The van der Waals surface area contributed by atoms with E-state index in [1.165, 1.54) is 10.6 Å². The molecular weight excluding hydrogens is 506 g/mol. The minimum atomic E-state index is -3.53. The molecule has 0 aliphatic carbocycles. The summed E-state index contributed by atoms with van der Waals surface area (Å²) in [7, 11) is -3.53. The topological polar surface area (TPSA) is 112 Å². The Morgan fingerprint density at radius 2 is 1.79 bits per heavy atom. The van der Waals surface area contributed by atoms with Crippen molar-refractivity contribution < 1.29 is 22.7 Å². The maximum Gasteiger partial charge on any atom is 0.332 e. The molecule has 0 unspecified atom stereocenters. The summed E-state index contributed by atoms with van der Waals surface area (Å²) in [6, 6.07) is 8.78. The molecule has 0 bridgehead atoms. The quantitative estimate of drug-likeness (QED) is 0.557. The summed E-state index contributed by atoms with van der Waals surface area (Å²) < 4.78 is 31.8. The van der Waals surface area contributed by atoms with Gasteiger partial charge in [-0.25, -0.2) is 23.1 Å². The molecule has 0 spiro atoms. The number of pyridine rings is 1. The van der Waals surface area contributed by atoms with Gasteiger partial charge in [0.05, 0.1) is 17.6 Å². The highest BCUT2D eigenvalue weighted by Gasteiger charge is 2.52.